The Labute approximate surface area is 219 Å². The van der Waals surface area contributed by atoms with E-state index in [-0.39, 0.29) is 30.5 Å². The quantitative estimate of drug-likeness (QED) is 0.242. The van der Waals surface area contributed by atoms with Gasteiger partial charge in [-0.2, -0.15) is 5.26 Å². The van der Waals surface area contributed by atoms with Gasteiger partial charge in [-0.25, -0.2) is 0 Å². The van der Waals surface area contributed by atoms with Crippen molar-refractivity contribution < 1.29 is 28.6 Å². The third-order valence-corrected chi connectivity index (χ3v) is 6.63. The summed E-state index contributed by atoms with van der Waals surface area (Å²) in [6.45, 7) is 0.285. The number of benzene rings is 3. The van der Waals surface area contributed by atoms with Gasteiger partial charge >= 0.3 is 0 Å². The number of nitrogens with two attached hydrogens (primary N) is 1. The van der Waals surface area contributed by atoms with E-state index in [1.807, 2.05) is 6.07 Å². The van der Waals surface area contributed by atoms with Crippen molar-refractivity contribution in [3.8, 4) is 34.8 Å². The molecule has 11 heteroatoms. The number of non-ortho nitro benzene ring substituents is 1. The molecule has 0 unspecified atom stereocenters. The lowest BCUT2D eigenvalue weighted by atomic mass is 9.83. The molecule has 0 saturated heterocycles. The number of halogens is 1. The van der Waals surface area contributed by atoms with Gasteiger partial charge in [-0.3, -0.25) is 10.1 Å². The molecule has 5 rings (SSSR count). The molecule has 1 atom stereocenters. The monoisotopic (exact) mass is 599 g/mol. The number of hydrogen-bond donors (Lipinski definition) is 1. The Hall–Kier alpha value is -4.18. The second-order valence-electron chi connectivity index (χ2n) is 7.91. The zero-order valence-electron chi connectivity index (χ0n) is 18.8. The van der Waals surface area contributed by atoms with E-state index in [9.17, 15) is 15.4 Å². The third kappa shape index (κ3) is 4.20. The first-order chi connectivity index (χ1) is 17.4. The van der Waals surface area contributed by atoms with Crippen LogP contribution >= 0.6 is 22.6 Å². The summed E-state index contributed by atoms with van der Waals surface area (Å²) in [5.74, 6) is 2.04. The Balaban J connectivity index is 1.51. The minimum absolute atomic E-state index is 0.00948. The van der Waals surface area contributed by atoms with E-state index in [0.717, 1.165) is 14.7 Å². The zero-order chi connectivity index (χ0) is 25.4. The van der Waals surface area contributed by atoms with Crippen molar-refractivity contribution in [3.63, 3.8) is 0 Å². The predicted octanol–water partition coefficient (Wildman–Crippen LogP) is 4.73. The molecule has 0 fully saturated rings. The van der Waals surface area contributed by atoms with Crippen LogP contribution in [0.15, 0.2) is 60.0 Å². The highest BCUT2D eigenvalue weighted by Crippen LogP contribution is 2.49. The molecule has 182 valence electrons. The molecule has 0 radical (unpaired) electrons. The highest BCUT2D eigenvalue weighted by atomic mass is 127. The molecule has 3 aromatic carbocycles. The first-order valence-electron chi connectivity index (χ1n) is 10.6. The second kappa shape index (κ2) is 9.46. The minimum Gasteiger partial charge on any atom is -0.493 e. The largest absolute Gasteiger partial charge is 0.493 e. The van der Waals surface area contributed by atoms with Gasteiger partial charge in [0.1, 0.15) is 24.0 Å². The smallest absolute Gasteiger partial charge is 0.269 e. The zero-order valence-corrected chi connectivity index (χ0v) is 21.0. The number of nitriles is 1. The first-order valence-corrected chi connectivity index (χ1v) is 11.7. The summed E-state index contributed by atoms with van der Waals surface area (Å²) in [6.07, 6.45) is 0. The van der Waals surface area contributed by atoms with E-state index < -0.39 is 10.8 Å². The lowest BCUT2D eigenvalue weighted by Crippen LogP contribution is -2.21. The summed E-state index contributed by atoms with van der Waals surface area (Å²) >= 11 is 2.14. The van der Waals surface area contributed by atoms with Crippen molar-refractivity contribution in [1.82, 2.24) is 0 Å². The van der Waals surface area contributed by atoms with E-state index in [2.05, 4.69) is 28.7 Å². The molecule has 0 aromatic heterocycles. The lowest BCUT2D eigenvalue weighted by Gasteiger charge is -2.27. The van der Waals surface area contributed by atoms with E-state index in [0.29, 0.717) is 34.3 Å². The number of hydrogen-bond acceptors (Lipinski definition) is 9. The Kier molecular flexibility index (Phi) is 6.19. The average Bonchev–Trinajstić information content (AvgIpc) is 3.33. The number of allylic oxidation sites excluding steroid dienone is 1. The number of nitrogens with zero attached hydrogens (tertiary/aromatic N) is 2. The Morgan fingerprint density at radius 1 is 1.17 bits per heavy atom. The van der Waals surface area contributed by atoms with Gasteiger partial charge in [0.05, 0.1) is 21.5 Å². The number of nitro groups is 1. The molecule has 0 spiro atoms. The molecule has 0 aliphatic carbocycles. The van der Waals surface area contributed by atoms with Crippen molar-refractivity contribution in [2.24, 2.45) is 5.73 Å². The number of nitro benzene ring substituents is 1. The molecular formula is C25H18IN3O7. The fourth-order valence-corrected chi connectivity index (χ4v) is 4.89. The van der Waals surface area contributed by atoms with Crippen LogP contribution in [0.1, 0.15) is 22.6 Å². The van der Waals surface area contributed by atoms with Gasteiger partial charge in [0.15, 0.2) is 23.0 Å². The van der Waals surface area contributed by atoms with Crippen LogP contribution in [-0.2, 0) is 6.61 Å². The summed E-state index contributed by atoms with van der Waals surface area (Å²) in [7, 11) is 1.53. The van der Waals surface area contributed by atoms with Crippen LogP contribution in [-0.4, -0.2) is 18.8 Å². The third-order valence-electron chi connectivity index (χ3n) is 5.83. The van der Waals surface area contributed by atoms with Gasteiger partial charge in [-0.05, 0) is 64.0 Å². The van der Waals surface area contributed by atoms with Crippen molar-refractivity contribution in [3.05, 3.63) is 90.4 Å². The van der Waals surface area contributed by atoms with Gasteiger partial charge < -0.3 is 29.4 Å². The molecule has 2 N–H and O–H groups in total. The maximum absolute atomic E-state index is 10.9. The Morgan fingerprint density at radius 3 is 2.56 bits per heavy atom. The van der Waals surface area contributed by atoms with Crippen LogP contribution < -0.4 is 29.4 Å². The van der Waals surface area contributed by atoms with Crippen molar-refractivity contribution in [2.45, 2.75) is 12.5 Å². The van der Waals surface area contributed by atoms with Gasteiger partial charge in [-0.15, -0.1) is 0 Å². The van der Waals surface area contributed by atoms with Crippen molar-refractivity contribution in [2.75, 3.05) is 13.9 Å². The second-order valence-corrected chi connectivity index (χ2v) is 9.08. The van der Waals surface area contributed by atoms with Crippen molar-refractivity contribution in [1.29, 1.82) is 5.26 Å². The van der Waals surface area contributed by atoms with Crippen LogP contribution in [0, 0.1) is 25.0 Å². The minimum atomic E-state index is -0.528. The summed E-state index contributed by atoms with van der Waals surface area (Å²) < 4.78 is 29.1. The summed E-state index contributed by atoms with van der Waals surface area (Å²) in [5, 5.41) is 20.8. The van der Waals surface area contributed by atoms with E-state index in [1.54, 1.807) is 30.3 Å². The van der Waals surface area contributed by atoms with Crippen LogP contribution in [0.4, 0.5) is 5.69 Å². The average molecular weight is 599 g/mol. The topological polar surface area (TPSA) is 139 Å². The molecule has 3 aromatic rings. The maximum Gasteiger partial charge on any atom is 0.269 e. The first kappa shape index (κ1) is 23.6. The number of rotatable bonds is 6. The SMILES string of the molecule is COc1cc([C@H]2C(C#N)=C(N)Oc3cc4c(cc32)OCO4)cc(I)c1OCc1ccc([N+](=O)[O-])cc1. The van der Waals surface area contributed by atoms with Gasteiger partial charge in [0, 0.05) is 23.8 Å². The van der Waals surface area contributed by atoms with E-state index in [1.165, 1.54) is 19.2 Å². The molecule has 2 heterocycles. The summed E-state index contributed by atoms with van der Waals surface area (Å²) in [4.78, 5) is 10.4. The molecular weight excluding hydrogens is 581 g/mol. The predicted molar refractivity (Wildman–Crippen MR) is 135 cm³/mol. The fraction of sp³-hybridized carbons (Fsp3) is 0.160. The molecule has 36 heavy (non-hydrogen) atoms. The summed E-state index contributed by atoms with van der Waals surface area (Å²) in [5.41, 5.74) is 8.62. The molecule has 0 saturated carbocycles. The molecule has 2 aliphatic rings. The molecule has 0 bridgehead atoms. The molecule has 2 aliphatic heterocycles. The normalized spacial score (nSPS) is 15.5. The van der Waals surface area contributed by atoms with Crippen LogP contribution in [0.2, 0.25) is 0 Å². The van der Waals surface area contributed by atoms with Crippen molar-refractivity contribution >= 4 is 28.3 Å². The summed E-state index contributed by atoms with van der Waals surface area (Å²) in [6, 6.07) is 15.5. The van der Waals surface area contributed by atoms with Crippen LogP contribution in [0.25, 0.3) is 0 Å². The fourth-order valence-electron chi connectivity index (χ4n) is 4.11. The molecule has 0 amide bonds. The number of methoxy groups -OCH3 is 1. The number of fused-ring (bicyclic) bond motifs is 2. The number of ether oxygens (including phenoxy) is 5. The lowest BCUT2D eigenvalue weighted by molar-refractivity contribution is -0.384. The highest BCUT2D eigenvalue weighted by Gasteiger charge is 2.34. The Morgan fingerprint density at radius 2 is 1.89 bits per heavy atom. The Bertz CT molecular complexity index is 1450. The van der Waals surface area contributed by atoms with Crippen LogP contribution in [0.3, 0.4) is 0 Å². The molecule has 10 nitrogen and oxygen atoms in total. The highest BCUT2D eigenvalue weighted by molar-refractivity contribution is 14.1. The van der Waals surface area contributed by atoms with Crippen LogP contribution in [0.5, 0.6) is 28.7 Å². The standard InChI is InChI=1S/C25H18IN3O7/c1-32-22-7-14(6-18(26)24(22)33-11-13-2-4-15(5-3-13)29(30)31)23-16-8-20-21(35-12-34-20)9-19(16)36-25(28)17(23)10-27/h2-9,23H,11-12,28H2,1H3/t23-/m1/s1. The van der Waals surface area contributed by atoms with Gasteiger partial charge in [0.25, 0.3) is 5.69 Å². The maximum atomic E-state index is 10.9. The van der Waals surface area contributed by atoms with Gasteiger partial charge in [0.2, 0.25) is 12.7 Å². The van der Waals surface area contributed by atoms with E-state index >= 15 is 0 Å². The van der Waals surface area contributed by atoms with E-state index in [4.69, 9.17) is 29.4 Å². The van der Waals surface area contributed by atoms with Gasteiger partial charge in [-0.1, -0.05) is 0 Å².